The topological polar surface area (TPSA) is 135 Å². The number of anilines is 2. The molecule has 0 bridgehead atoms. The standard InChI is InChI=1S/C18H19N7O2.ClH/c1-26-14-4-2-5-15(27-7-3-6-19)18(14)13-8-16(25-24-13)23-17-11-21-12(9-20)10-22-17;/h2,4-5,8,10-11H,3,6-7,19H2,1H3,(H2,22,23,24,25);1H/p+2. The van der Waals surface area contributed by atoms with E-state index in [4.69, 9.17) is 20.5 Å². The van der Waals surface area contributed by atoms with E-state index < -0.39 is 0 Å². The third kappa shape index (κ3) is 4.88. The van der Waals surface area contributed by atoms with Gasteiger partial charge in [0.2, 0.25) is 0 Å². The zero-order chi connectivity index (χ0) is 19.1. The molecule has 0 saturated heterocycles. The molecule has 0 fully saturated rings. The Hall–Kier alpha value is -3.35. The number of nitrogens with zero attached hydrogens (tertiary/aromatic N) is 4. The number of rotatable bonds is 8. The van der Waals surface area contributed by atoms with Crippen LogP contribution in [0.1, 0.15) is 15.0 Å². The first kappa shape index (κ1) is 21.0. The van der Waals surface area contributed by atoms with Gasteiger partial charge in [-0.1, -0.05) is 6.07 Å². The highest BCUT2D eigenvalue weighted by atomic mass is 35.5. The van der Waals surface area contributed by atoms with E-state index in [-0.39, 0.29) is 21.0 Å². The summed E-state index contributed by atoms with van der Waals surface area (Å²) in [6.07, 6.45) is 3.61. The molecule has 0 spiro atoms. The van der Waals surface area contributed by atoms with Crippen LogP contribution in [0.3, 0.4) is 0 Å². The van der Waals surface area contributed by atoms with Gasteiger partial charge >= 0.3 is 2.85 Å². The molecule has 2 heterocycles. The average molecular weight is 404 g/mol. The van der Waals surface area contributed by atoms with E-state index in [1.165, 1.54) is 12.4 Å². The molecule has 0 unspecified atom stereocenters. The fraction of sp³-hybridized carbons (Fsp3) is 0.222. The quantitative estimate of drug-likeness (QED) is 0.488. The monoisotopic (exact) mass is 403 g/mol. The molecular weight excluding hydrogens is 382 g/mol. The molecule has 0 aliphatic rings. The zero-order valence-corrected chi connectivity index (χ0v) is 16.0. The van der Waals surface area contributed by atoms with Crippen molar-refractivity contribution < 1.29 is 12.3 Å². The minimum absolute atomic E-state index is 0. The third-order valence-electron chi connectivity index (χ3n) is 3.68. The molecule has 0 aliphatic carbocycles. The van der Waals surface area contributed by atoms with E-state index in [1.54, 1.807) is 7.11 Å². The molecule has 4 N–H and O–H groups in total. The van der Waals surface area contributed by atoms with Crippen molar-refractivity contribution >= 4 is 24.0 Å². The maximum absolute atomic E-state index is 8.78. The van der Waals surface area contributed by atoms with Gasteiger partial charge in [0.25, 0.3) is 0 Å². The van der Waals surface area contributed by atoms with Gasteiger partial charge in [-0.3, -0.25) is 5.10 Å². The highest BCUT2D eigenvalue weighted by Gasteiger charge is 2.16. The van der Waals surface area contributed by atoms with Crippen LogP contribution >= 0.6 is 12.4 Å². The van der Waals surface area contributed by atoms with Crippen molar-refractivity contribution in [3.05, 3.63) is 42.4 Å². The number of H-pyrrole nitrogens is 1. The van der Waals surface area contributed by atoms with E-state index in [0.29, 0.717) is 36.3 Å². The summed E-state index contributed by atoms with van der Waals surface area (Å²) in [6.45, 7) is 1.07. The highest BCUT2D eigenvalue weighted by molar-refractivity contribution is 5.85. The number of hydrogen-bond acceptors (Lipinski definition) is 8. The summed E-state index contributed by atoms with van der Waals surface area (Å²) in [5, 5.41) is 19.0. The van der Waals surface area contributed by atoms with Crippen LogP contribution in [0.2, 0.25) is 0 Å². The number of aromatic nitrogens is 4. The molecule has 2 aromatic heterocycles. The number of ether oxygens (including phenoxy) is 2. The van der Waals surface area contributed by atoms with E-state index >= 15 is 0 Å². The maximum atomic E-state index is 8.78. The van der Waals surface area contributed by atoms with Crippen molar-refractivity contribution in [1.82, 2.24) is 20.2 Å². The van der Waals surface area contributed by atoms with Gasteiger partial charge in [0.1, 0.15) is 23.4 Å². The lowest BCUT2D eigenvalue weighted by atomic mass is 10.1. The van der Waals surface area contributed by atoms with Gasteiger partial charge < -0.3 is 20.5 Å². The van der Waals surface area contributed by atoms with Gasteiger partial charge in [0.05, 0.1) is 37.4 Å². The van der Waals surface area contributed by atoms with Gasteiger partial charge in [-0.05, 0) is 25.1 Å². The van der Waals surface area contributed by atoms with Crippen LogP contribution in [0, 0.1) is 11.3 Å². The molecule has 0 atom stereocenters. The van der Waals surface area contributed by atoms with Crippen LogP contribution in [-0.4, -0.2) is 40.4 Å². The summed E-state index contributed by atoms with van der Waals surface area (Å²) < 4.78 is 11.3. The van der Waals surface area contributed by atoms with E-state index in [9.17, 15) is 0 Å². The van der Waals surface area contributed by atoms with Crippen LogP contribution < -0.4 is 20.5 Å². The summed E-state index contributed by atoms with van der Waals surface area (Å²) >= 11 is 0. The van der Waals surface area contributed by atoms with E-state index in [2.05, 4.69) is 25.5 Å². The number of halogens is 1. The minimum Gasteiger partial charge on any atom is -0.496 e. The molecule has 1 aromatic carbocycles. The molecular formula is C18H22ClN7O2+2. The maximum Gasteiger partial charge on any atom is 1.00 e. The van der Waals surface area contributed by atoms with Crippen molar-refractivity contribution in [3.63, 3.8) is 0 Å². The number of benzene rings is 1. The molecule has 0 aliphatic heterocycles. The van der Waals surface area contributed by atoms with Crippen LogP contribution in [0.4, 0.5) is 11.6 Å². The van der Waals surface area contributed by atoms with E-state index in [1.807, 2.05) is 30.3 Å². The predicted octanol–water partition coefficient (Wildman–Crippen LogP) is 2.86. The number of aromatic amines is 1. The Labute approximate surface area is 171 Å². The van der Waals surface area contributed by atoms with Gasteiger partial charge in [-0.15, -0.1) is 12.4 Å². The second-order valence-corrected chi connectivity index (χ2v) is 5.51. The fourth-order valence-electron chi connectivity index (χ4n) is 2.43. The fourth-order valence-corrected chi connectivity index (χ4v) is 2.43. The normalized spacial score (nSPS) is 9.89. The molecule has 3 rings (SSSR count). The number of nitriles is 1. The van der Waals surface area contributed by atoms with Gasteiger partial charge in [0, 0.05) is 6.07 Å². The first-order chi connectivity index (χ1) is 13.2. The number of nitrogens with two attached hydrogens (primary N) is 1. The predicted molar refractivity (Wildman–Crippen MR) is 109 cm³/mol. The summed E-state index contributed by atoms with van der Waals surface area (Å²) in [5.74, 6) is 2.36. The number of nitrogens with one attached hydrogen (secondary N) is 2. The van der Waals surface area contributed by atoms with Gasteiger partial charge in [-0.2, -0.15) is 10.4 Å². The van der Waals surface area contributed by atoms with Crippen LogP contribution in [0.15, 0.2) is 36.7 Å². The Morgan fingerprint density at radius 2 is 2.07 bits per heavy atom. The Bertz CT molecular complexity index is 948. The molecule has 3 aromatic rings. The first-order valence-corrected chi connectivity index (χ1v) is 8.30. The minimum atomic E-state index is 0. The number of methoxy groups -OCH3 is 1. The van der Waals surface area contributed by atoms with Crippen LogP contribution in [-0.2, 0) is 0 Å². The van der Waals surface area contributed by atoms with Crippen molar-refractivity contribution in [2.75, 3.05) is 25.6 Å². The zero-order valence-electron chi connectivity index (χ0n) is 17.2. The molecule has 10 heteroatoms. The lowest BCUT2D eigenvalue weighted by molar-refractivity contribution is 0.312. The summed E-state index contributed by atoms with van der Waals surface area (Å²) in [6, 6.07) is 9.32. The molecule has 9 nitrogen and oxygen atoms in total. The molecule has 0 radical (unpaired) electrons. The SMILES string of the molecule is COc1cccc(OCCCN)c1-c1cc(Nc2cnc(C#N)cn2)n[nH]1.Cl.[H+].[H+]. The molecule has 0 saturated carbocycles. The molecule has 0 amide bonds. The second kappa shape index (κ2) is 10.1. The van der Waals surface area contributed by atoms with Crippen molar-refractivity contribution in [1.29, 1.82) is 5.26 Å². The second-order valence-electron chi connectivity index (χ2n) is 5.51. The largest absolute Gasteiger partial charge is 1.00 e. The van der Waals surface area contributed by atoms with Crippen molar-refractivity contribution in [2.45, 2.75) is 6.42 Å². The Morgan fingerprint density at radius 1 is 1.25 bits per heavy atom. The first-order valence-electron chi connectivity index (χ1n) is 8.30. The summed E-state index contributed by atoms with van der Waals surface area (Å²) in [5.41, 5.74) is 7.27. The van der Waals surface area contributed by atoms with Crippen molar-refractivity contribution in [2.24, 2.45) is 5.73 Å². The summed E-state index contributed by atoms with van der Waals surface area (Å²) in [7, 11) is 1.60. The van der Waals surface area contributed by atoms with Crippen LogP contribution in [0.5, 0.6) is 11.5 Å². The van der Waals surface area contributed by atoms with Crippen LogP contribution in [0.25, 0.3) is 11.3 Å². The molecule has 28 heavy (non-hydrogen) atoms. The highest BCUT2D eigenvalue weighted by Crippen LogP contribution is 2.38. The smallest absolute Gasteiger partial charge is 0.496 e. The Morgan fingerprint density at radius 3 is 2.75 bits per heavy atom. The van der Waals surface area contributed by atoms with Gasteiger partial charge in [-0.25, -0.2) is 9.97 Å². The van der Waals surface area contributed by atoms with Crippen molar-refractivity contribution in [3.8, 4) is 28.8 Å². The lowest BCUT2D eigenvalue weighted by Gasteiger charge is -2.13. The summed E-state index contributed by atoms with van der Waals surface area (Å²) in [4.78, 5) is 8.08. The van der Waals surface area contributed by atoms with Gasteiger partial charge in [0.15, 0.2) is 11.5 Å². The van der Waals surface area contributed by atoms with E-state index in [0.717, 1.165) is 17.7 Å². The number of hydrogen-bond donors (Lipinski definition) is 3. The lowest BCUT2D eigenvalue weighted by Crippen LogP contribution is -2.07. The average Bonchev–Trinajstić information content (AvgIpc) is 3.16. The third-order valence-corrected chi connectivity index (χ3v) is 3.68. The Kier molecular flexibility index (Phi) is 7.56. The Balaban J connectivity index is 0.00000280. The molecule has 146 valence electrons.